The fourth-order valence-corrected chi connectivity index (χ4v) is 7.65. The number of nitrogens with zero attached hydrogens (tertiary/aromatic N) is 2. The number of benzene rings is 3. The van der Waals surface area contributed by atoms with Crippen LogP contribution in [0.15, 0.2) is 73.1 Å². The van der Waals surface area contributed by atoms with Crippen LogP contribution >= 0.6 is 23.2 Å². The predicted molar refractivity (Wildman–Crippen MR) is 188 cm³/mol. The summed E-state index contributed by atoms with van der Waals surface area (Å²) in [6.45, 7) is 2.71. The van der Waals surface area contributed by atoms with Gasteiger partial charge in [0.05, 0.1) is 27.3 Å². The maximum absolute atomic E-state index is 14.0. The zero-order valence-electron chi connectivity index (χ0n) is 28.4. The standard InChI is InChI=1S/C38H39Cl2N3O8/c1-48-26-8-4-23(5-9-26)36(38(46)51-35-21-42-14-12-22(35)13-15-42)41-25-7-10-27(37(44)45)29(17-25)28(18-30-31(39)19-43(47)20-32(30)40)24-6-11-33(49-2)34(16-24)50-3/h4-11,16-17,19-20,22,28,35-36,41H,12-15,18,21H2,1-3H3,(H-,44,45,47)/t28?,35-,36?/m0/s1. The molecule has 3 aromatic carbocycles. The van der Waals surface area contributed by atoms with Gasteiger partial charge in [-0.15, -0.1) is 0 Å². The van der Waals surface area contributed by atoms with E-state index in [2.05, 4.69) is 10.2 Å². The van der Waals surface area contributed by atoms with Gasteiger partial charge in [-0.25, -0.2) is 4.79 Å². The number of methoxy groups -OCH3 is 3. The minimum absolute atomic E-state index is 0.0726. The summed E-state index contributed by atoms with van der Waals surface area (Å²) >= 11 is 13.2. The molecule has 4 aromatic rings. The van der Waals surface area contributed by atoms with Crippen molar-refractivity contribution in [3.63, 3.8) is 0 Å². The van der Waals surface area contributed by atoms with Crippen LogP contribution in [0.1, 0.15) is 57.4 Å². The van der Waals surface area contributed by atoms with Crippen LogP contribution in [-0.4, -0.2) is 69.1 Å². The Labute approximate surface area is 306 Å². The van der Waals surface area contributed by atoms with E-state index in [1.165, 1.54) is 32.7 Å². The van der Waals surface area contributed by atoms with Crippen molar-refractivity contribution in [2.45, 2.75) is 37.3 Å². The molecule has 0 aliphatic carbocycles. The number of hydrogen-bond acceptors (Lipinski definition) is 10. The van der Waals surface area contributed by atoms with Crippen molar-refractivity contribution < 1.29 is 43.6 Å². The van der Waals surface area contributed by atoms with E-state index < -0.39 is 23.9 Å². The largest absolute Gasteiger partial charge is 0.545 e. The van der Waals surface area contributed by atoms with Crippen LogP contribution in [0.2, 0.25) is 10.0 Å². The second kappa shape index (κ2) is 15.7. The number of ether oxygens (including phenoxy) is 4. The van der Waals surface area contributed by atoms with Crippen molar-refractivity contribution in [2.24, 2.45) is 5.92 Å². The van der Waals surface area contributed by atoms with Gasteiger partial charge in [0.2, 0.25) is 12.4 Å². The van der Waals surface area contributed by atoms with E-state index in [9.17, 15) is 19.9 Å². The van der Waals surface area contributed by atoms with Crippen molar-refractivity contribution in [1.82, 2.24) is 4.90 Å². The molecule has 0 radical (unpaired) electrons. The summed E-state index contributed by atoms with van der Waals surface area (Å²) in [4.78, 5) is 29.0. The number of pyridine rings is 1. The molecule has 3 aliphatic heterocycles. The first kappa shape index (κ1) is 36.1. The van der Waals surface area contributed by atoms with Gasteiger partial charge in [-0.2, -0.15) is 0 Å². The molecule has 4 heterocycles. The molecular formula is C38H39Cl2N3O8. The number of carbonyl (C=O) groups is 2. The Morgan fingerprint density at radius 3 is 2.18 bits per heavy atom. The van der Waals surface area contributed by atoms with E-state index in [0.29, 0.717) is 57.7 Å². The first-order valence-corrected chi connectivity index (χ1v) is 17.3. The van der Waals surface area contributed by atoms with Crippen molar-refractivity contribution >= 4 is 40.8 Å². The molecule has 3 atom stereocenters. The third-order valence-corrected chi connectivity index (χ3v) is 10.4. The number of halogens is 2. The number of aromatic carboxylic acids is 1. The zero-order valence-corrected chi connectivity index (χ0v) is 29.9. The van der Waals surface area contributed by atoms with Crippen LogP contribution in [0.5, 0.6) is 17.2 Å². The molecule has 7 rings (SSSR count). The molecule has 13 heteroatoms. The van der Waals surface area contributed by atoms with E-state index in [-0.39, 0.29) is 28.1 Å². The molecule has 0 saturated carbocycles. The summed E-state index contributed by atoms with van der Waals surface area (Å²) < 4.78 is 23.3. The summed E-state index contributed by atoms with van der Waals surface area (Å²) in [7, 11) is 4.60. The van der Waals surface area contributed by atoms with Gasteiger partial charge in [-0.1, -0.05) is 47.5 Å². The fraction of sp³-hybridized carbons (Fsp3) is 0.342. The number of carbonyl (C=O) groups excluding carboxylic acids is 2. The van der Waals surface area contributed by atoms with Crippen molar-refractivity contribution in [3.05, 3.63) is 111 Å². The molecular weight excluding hydrogens is 697 g/mol. The van der Waals surface area contributed by atoms with Gasteiger partial charge in [-0.05, 0) is 91.4 Å². The molecule has 3 aliphatic rings. The summed E-state index contributed by atoms with van der Waals surface area (Å²) in [5.41, 5.74) is 2.53. The van der Waals surface area contributed by atoms with E-state index in [1.54, 1.807) is 61.7 Å². The van der Waals surface area contributed by atoms with Crippen LogP contribution in [0.4, 0.5) is 5.69 Å². The van der Waals surface area contributed by atoms with Crippen LogP contribution < -0.4 is 29.4 Å². The molecule has 2 bridgehead atoms. The van der Waals surface area contributed by atoms with Gasteiger partial charge in [-0.3, -0.25) is 10.1 Å². The average Bonchev–Trinajstić information content (AvgIpc) is 3.13. The molecule has 2 N–H and O–H groups in total. The quantitative estimate of drug-likeness (QED) is 0.109. The number of anilines is 1. The second-order valence-electron chi connectivity index (χ2n) is 12.7. The van der Waals surface area contributed by atoms with E-state index in [4.69, 9.17) is 42.1 Å². The molecule has 11 nitrogen and oxygen atoms in total. The Bertz CT molecular complexity index is 1880. The highest BCUT2D eigenvalue weighted by Gasteiger charge is 2.38. The fourth-order valence-electron chi connectivity index (χ4n) is 7.05. The van der Waals surface area contributed by atoms with E-state index in [0.717, 1.165) is 30.7 Å². The highest BCUT2D eigenvalue weighted by Crippen LogP contribution is 2.40. The molecule has 2 unspecified atom stereocenters. The Hall–Kier alpha value is -4.71. The second-order valence-corrected chi connectivity index (χ2v) is 13.6. The van der Waals surface area contributed by atoms with Crippen LogP contribution in [0.25, 0.3) is 0 Å². The monoisotopic (exact) mass is 735 g/mol. The molecule has 3 saturated heterocycles. The minimum atomic E-state index is -1.39. The number of esters is 1. The number of nitrogens with one attached hydrogen (secondary N) is 1. The number of rotatable bonds is 13. The van der Waals surface area contributed by atoms with Crippen molar-refractivity contribution in [3.8, 4) is 17.2 Å². The number of hydrogen-bond donors (Lipinski definition) is 2. The first-order chi connectivity index (χ1) is 24.6. The van der Waals surface area contributed by atoms with Crippen LogP contribution in [0, 0.1) is 5.92 Å². The third-order valence-electron chi connectivity index (χ3n) is 9.79. The lowest BCUT2D eigenvalue weighted by atomic mass is 9.83. The molecule has 268 valence electrons. The van der Waals surface area contributed by atoms with E-state index in [1.807, 2.05) is 0 Å². The summed E-state index contributed by atoms with van der Waals surface area (Å²) in [6, 6.07) is 16.2. The maximum atomic E-state index is 14.0. The zero-order chi connectivity index (χ0) is 36.2. The summed E-state index contributed by atoms with van der Waals surface area (Å²) in [5.74, 6) is -0.665. The smallest absolute Gasteiger partial charge is 0.333 e. The number of carboxylic acid groups (broad SMARTS) is 1. The molecule has 0 amide bonds. The predicted octanol–water partition coefficient (Wildman–Crippen LogP) is 5.07. The Kier molecular flexibility index (Phi) is 11.1. The molecule has 0 spiro atoms. The first-order valence-electron chi connectivity index (χ1n) is 16.6. The Balaban J connectivity index is 1.42. The van der Waals surface area contributed by atoms with Gasteiger partial charge < -0.3 is 34.2 Å². The molecule has 51 heavy (non-hydrogen) atoms. The number of aromatic nitrogens is 1. The number of piperidine rings is 3. The number of fused-ring (bicyclic) bond motifs is 3. The van der Waals surface area contributed by atoms with Gasteiger partial charge in [0.25, 0.3) is 0 Å². The minimum Gasteiger partial charge on any atom is -0.545 e. The van der Waals surface area contributed by atoms with Crippen LogP contribution in [-0.2, 0) is 16.0 Å². The van der Waals surface area contributed by atoms with Gasteiger partial charge >= 0.3 is 5.97 Å². The lowest BCUT2D eigenvalue weighted by Crippen LogP contribution is -2.52. The number of carboxylic acids is 1. The lowest BCUT2D eigenvalue weighted by Gasteiger charge is -2.44. The normalized spacial score (nSPS) is 19.1. The molecule has 3 fully saturated rings. The van der Waals surface area contributed by atoms with Crippen LogP contribution in [0.3, 0.4) is 0 Å². The van der Waals surface area contributed by atoms with Crippen molar-refractivity contribution in [1.29, 1.82) is 0 Å². The molecule has 1 aromatic heterocycles. The third kappa shape index (κ3) is 7.96. The van der Waals surface area contributed by atoms with Gasteiger partial charge in [0.1, 0.15) is 21.9 Å². The van der Waals surface area contributed by atoms with E-state index >= 15 is 0 Å². The topological polar surface area (TPSA) is 134 Å². The van der Waals surface area contributed by atoms with Crippen molar-refractivity contribution in [2.75, 3.05) is 46.3 Å². The van der Waals surface area contributed by atoms with Gasteiger partial charge in [0.15, 0.2) is 17.5 Å². The Morgan fingerprint density at radius 2 is 1.59 bits per heavy atom. The maximum Gasteiger partial charge on any atom is 0.333 e. The summed E-state index contributed by atoms with van der Waals surface area (Å²) in [5, 5.41) is 26.4. The Morgan fingerprint density at radius 1 is 0.922 bits per heavy atom. The highest BCUT2D eigenvalue weighted by atomic mass is 35.5. The van der Waals surface area contributed by atoms with Gasteiger partial charge in [0, 0.05) is 34.0 Å². The lowest BCUT2D eigenvalue weighted by molar-refractivity contribution is -0.904. The highest BCUT2D eigenvalue weighted by molar-refractivity contribution is 6.35. The average molecular weight is 737 g/mol. The summed E-state index contributed by atoms with van der Waals surface area (Å²) in [6.07, 6.45) is 4.47. The SMILES string of the molecule is COc1ccc(C(Nc2ccc(C(=O)[O-])c(C(Cc3c(Cl)c[n+](O)cc3Cl)c3ccc(OC)c(OC)c3)c2)C(=O)O[C@H]2CN3CCC2CC3)cc1.